The van der Waals surface area contributed by atoms with Crippen LogP contribution in [0.3, 0.4) is 0 Å². The van der Waals surface area contributed by atoms with Gasteiger partial charge in [0, 0.05) is 50.2 Å². The Balaban J connectivity index is 1.71. The molecule has 9 heteroatoms. The van der Waals surface area contributed by atoms with Crippen molar-refractivity contribution in [3.8, 4) is 0 Å². The Morgan fingerprint density at radius 3 is 2.37 bits per heavy atom. The van der Waals surface area contributed by atoms with Crippen molar-refractivity contribution in [2.45, 2.75) is 24.8 Å². The van der Waals surface area contributed by atoms with Crippen LogP contribution in [-0.2, 0) is 26.6 Å². The van der Waals surface area contributed by atoms with E-state index < -0.39 is 10.0 Å². The number of benzene rings is 1. The first-order valence-electron chi connectivity index (χ1n) is 10.1. The number of sulfonamides is 1. The van der Waals surface area contributed by atoms with Crippen LogP contribution >= 0.6 is 0 Å². The first-order chi connectivity index (χ1) is 14.3. The Labute approximate surface area is 178 Å². The maximum atomic E-state index is 12.9. The van der Waals surface area contributed by atoms with Gasteiger partial charge in [-0.3, -0.25) is 9.69 Å². The van der Waals surface area contributed by atoms with Crippen LogP contribution < -0.4 is 10.0 Å². The molecule has 2 N–H and O–H groups in total. The number of aromatic nitrogens is 1. The fraction of sp³-hybridized carbons (Fsp3) is 0.476. The number of ether oxygens (including phenoxy) is 1. The van der Waals surface area contributed by atoms with Gasteiger partial charge in [-0.15, -0.1) is 0 Å². The molecule has 1 aliphatic heterocycles. The van der Waals surface area contributed by atoms with Crippen LogP contribution in [0.15, 0.2) is 47.5 Å². The van der Waals surface area contributed by atoms with Gasteiger partial charge in [0.1, 0.15) is 0 Å². The molecule has 2 heterocycles. The van der Waals surface area contributed by atoms with E-state index in [1.807, 2.05) is 29.9 Å². The monoisotopic (exact) mass is 434 g/mol. The zero-order chi connectivity index (χ0) is 21.7. The molecule has 0 bridgehead atoms. The van der Waals surface area contributed by atoms with E-state index in [2.05, 4.69) is 14.9 Å². The molecule has 1 aromatic carbocycles. The smallest absolute Gasteiger partial charge is 0.240 e. The molecular formula is C21H30N4O4S. The van der Waals surface area contributed by atoms with Gasteiger partial charge in [0.15, 0.2) is 0 Å². The number of amides is 1. The fourth-order valence-corrected chi connectivity index (χ4v) is 4.44. The zero-order valence-corrected chi connectivity index (χ0v) is 18.5. The maximum absolute atomic E-state index is 12.9. The zero-order valence-electron chi connectivity index (χ0n) is 17.7. The third kappa shape index (κ3) is 5.48. The number of anilines is 1. The van der Waals surface area contributed by atoms with Crippen molar-refractivity contribution in [3.63, 3.8) is 0 Å². The Kier molecular flexibility index (Phi) is 7.30. The van der Waals surface area contributed by atoms with Gasteiger partial charge >= 0.3 is 0 Å². The quantitative estimate of drug-likeness (QED) is 0.663. The van der Waals surface area contributed by atoms with Crippen LogP contribution in [0.25, 0.3) is 0 Å². The van der Waals surface area contributed by atoms with Crippen molar-refractivity contribution in [3.05, 3.63) is 48.3 Å². The van der Waals surface area contributed by atoms with Gasteiger partial charge < -0.3 is 14.6 Å². The molecule has 0 aliphatic carbocycles. The topological polar surface area (TPSA) is 92.7 Å². The molecule has 1 atom stereocenters. The third-order valence-electron chi connectivity index (χ3n) is 5.24. The maximum Gasteiger partial charge on any atom is 0.240 e. The Morgan fingerprint density at radius 1 is 1.13 bits per heavy atom. The number of nitrogens with one attached hydrogen (secondary N) is 2. The highest BCUT2D eigenvalue weighted by molar-refractivity contribution is 7.89. The second kappa shape index (κ2) is 9.74. The highest BCUT2D eigenvalue weighted by Gasteiger charge is 2.26. The summed E-state index contributed by atoms with van der Waals surface area (Å²) in [6.07, 6.45) is 1.96. The number of nitrogens with zero attached hydrogens (tertiary/aromatic N) is 2. The summed E-state index contributed by atoms with van der Waals surface area (Å²) in [7, 11) is -1.73. The number of carbonyl (C=O) groups is 1. The Hall–Kier alpha value is -2.20. The molecule has 8 nitrogen and oxygen atoms in total. The van der Waals surface area contributed by atoms with Crippen molar-refractivity contribution < 1.29 is 17.9 Å². The lowest BCUT2D eigenvalue weighted by Gasteiger charge is -2.34. The van der Waals surface area contributed by atoms with Crippen molar-refractivity contribution in [2.75, 3.05) is 38.2 Å². The number of hydrogen-bond donors (Lipinski definition) is 2. The summed E-state index contributed by atoms with van der Waals surface area (Å²) in [5, 5.41) is 2.76. The molecular weight excluding hydrogens is 404 g/mol. The molecule has 0 radical (unpaired) electrons. The minimum atomic E-state index is -3.69. The summed E-state index contributed by atoms with van der Waals surface area (Å²) < 4.78 is 36.0. The van der Waals surface area contributed by atoms with Crippen molar-refractivity contribution in [1.29, 1.82) is 0 Å². The van der Waals surface area contributed by atoms with Crippen LogP contribution in [0, 0.1) is 5.92 Å². The summed E-state index contributed by atoms with van der Waals surface area (Å²) in [5.74, 6) is -0.260. The highest BCUT2D eigenvalue weighted by atomic mass is 32.2. The number of rotatable bonds is 8. The largest absolute Gasteiger partial charge is 0.379 e. The first kappa shape index (κ1) is 22.5. The van der Waals surface area contributed by atoms with E-state index in [4.69, 9.17) is 4.74 Å². The van der Waals surface area contributed by atoms with E-state index in [9.17, 15) is 13.2 Å². The normalized spacial score (nSPS) is 16.5. The first-order valence-corrected chi connectivity index (χ1v) is 11.6. The molecule has 2 aromatic rings. The van der Waals surface area contributed by atoms with Crippen LogP contribution in [0.1, 0.15) is 25.6 Å². The molecule has 1 amide bonds. The SMILES string of the molecule is CC(C)C(=O)Nc1ccc(S(=O)(=O)NCC(c2cccn2C)N2CCOCC2)cc1. The standard InChI is InChI=1S/C21H30N4O4S/c1-16(2)21(26)23-17-6-8-18(9-7-17)30(27,28)22-15-20(19-5-4-10-24(19)3)25-11-13-29-14-12-25/h4-10,16,20,22H,11-15H2,1-3H3,(H,23,26). The average Bonchev–Trinajstić information content (AvgIpc) is 3.15. The fourth-order valence-electron chi connectivity index (χ4n) is 3.41. The molecule has 0 saturated carbocycles. The number of aryl methyl sites for hydroxylation is 1. The molecule has 1 aliphatic rings. The van der Waals surface area contributed by atoms with Crippen molar-refractivity contribution in [2.24, 2.45) is 13.0 Å². The van der Waals surface area contributed by atoms with Gasteiger partial charge in [-0.05, 0) is 36.4 Å². The minimum absolute atomic E-state index is 0.0896. The minimum Gasteiger partial charge on any atom is -0.379 e. The number of morpholine rings is 1. The number of carbonyl (C=O) groups excluding carboxylic acids is 1. The average molecular weight is 435 g/mol. The predicted molar refractivity (Wildman–Crippen MR) is 116 cm³/mol. The Bertz CT molecular complexity index is 948. The molecule has 1 fully saturated rings. The van der Waals surface area contributed by atoms with Crippen molar-refractivity contribution >= 4 is 21.6 Å². The van der Waals surface area contributed by atoms with Gasteiger partial charge in [0.2, 0.25) is 15.9 Å². The molecule has 1 saturated heterocycles. The van der Waals surface area contributed by atoms with E-state index in [1.54, 1.807) is 26.0 Å². The van der Waals surface area contributed by atoms with Gasteiger partial charge in [-0.2, -0.15) is 0 Å². The third-order valence-corrected chi connectivity index (χ3v) is 6.67. The predicted octanol–water partition coefficient (Wildman–Crippen LogP) is 1.97. The van der Waals surface area contributed by atoms with E-state index >= 15 is 0 Å². The van der Waals surface area contributed by atoms with Crippen LogP contribution in [0.5, 0.6) is 0 Å². The Morgan fingerprint density at radius 2 is 1.80 bits per heavy atom. The van der Waals surface area contributed by atoms with Crippen LogP contribution in [0.2, 0.25) is 0 Å². The molecule has 1 unspecified atom stereocenters. The van der Waals surface area contributed by atoms with Crippen LogP contribution in [0.4, 0.5) is 5.69 Å². The van der Waals surface area contributed by atoms with E-state index in [0.29, 0.717) is 18.9 Å². The van der Waals surface area contributed by atoms with Gasteiger partial charge in [-0.1, -0.05) is 13.8 Å². The molecule has 30 heavy (non-hydrogen) atoms. The second-order valence-electron chi connectivity index (χ2n) is 7.73. The van der Waals surface area contributed by atoms with Crippen LogP contribution in [-0.4, -0.2) is 56.6 Å². The summed E-state index contributed by atoms with van der Waals surface area (Å²) in [5.41, 5.74) is 1.62. The highest BCUT2D eigenvalue weighted by Crippen LogP contribution is 2.22. The molecule has 1 aromatic heterocycles. The number of hydrogen-bond acceptors (Lipinski definition) is 5. The molecule has 3 rings (SSSR count). The van der Waals surface area contributed by atoms with Gasteiger partial charge in [0.05, 0.1) is 24.2 Å². The summed E-state index contributed by atoms with van der Waals surface area (Å²) in [6, 6.07) is 10.1. The lowest BCUT2D eigenvalue weighted by molar-refractivity contribution is -0.118. The summed E-state index contributed by atoms with van der Waals surface area (Å²) in [4.78, 5) is 14.2. The lowest BCUT2D eigenvalue weighted by atomic mass is 10.1. The van der Waals surface area contributed by atoms with Crippen molar-refractivity contribution in [1.82, 2.24) is 14.2 Å². The second-order valence-corrected chi connectivity index (χ2v) is 9.50. The lowest BCUT2D eigenvalue weighted by Crippen LogP contribution is -2.44. The molecule has 164 valence electrons. The summed E-state index contributed by atoms with van der Waals surface area (Å²) >= 11 is 0. The van der Waals surface area contributed by atoms with E-state index in [1.165, 1.54) is 12.1 Å². The van der Waals surface area contributed by atoms with Gasteiger partial charge in [0.25, 0.3) is 0 Å². The summed E-state index contributed by atoms with van der Waals surface area (Å²) in [6.45, 7) is 6.63. The molecule has 0 spiro atoms. The van der Waals surface area contributed by atoms with E-state index in [-0.39, 0.29) is 29.3 Å². The van der Waals surface area contributed by atoms with Gasteiger partial charge in [-0.25, -0.2) is 13.1 Å². The van der Waals surface area contributed by atoms with E-state index in [0.717, 1.165) is 18.8 Å².